The van der Waals surface area contributed by atoms with Gasteiger partial charge < -0.3 is 10.2 Å². The molecule has 2 aromatic rings. The second kappa shape index (κ2) is 7.64. The van der Waals surface area contributed by atoms with Crippen LogP contribution in [0.3, 0.4) is 0 Å². The van der Waals surface area contributed by atoms with Gasteiger partial charge in [-0.25, -0.2) is 9.78 Å². The Kier molecular flexibility index (Phi) is 5.28. The van der Waals surface area contributed by atoms with E-state index in [-0.39, 0.29) is 0 Å². The van der Waals surface area contributed by atoms with Crippen molar-refractivity contribution in [3.8, 4) is 0 Å². The predicted octanol–water partition coefficient (Wildman–Crippen LogP) is 2.00. The van der Waals surface area contributed by atoms with E-state index in [4.69, 9.17) is 4.74 Å². The Labute approximate surface area is 122 Å². The summed E-state index contributed by atoms with van der Waals surface area (Å²) in [6, 6.07) is 9.02. The Bertz CT molecular complexity index is 600. The van der Waals surface area contributed by atoms with Gasteiger partial charge in [0.2, 0.25) is 0 Å². The summed E-state index contributed by atoms with van der Waals surface area (Å²) in [4.78, 5) is 20.1. The molecule has 0 fully saturated rings. The van der Waals surface area contributed by atoms with Gasteiger partial charge in [0.1, 0.15) is 5.82 Å². The zero-order chi connectivity index (χ0) is 14.9. The topological polar surface area (TPSA) is 76.1 Å². The maximum atomic E-state index is 12.0. The number of rotatable bonds is 6. The second-order valence-electron chi connectivity index (χ2n) is 4.00. The van der Waals surface area contributed by atoms with Crippen molar-refractivity contribution in [1.29, 1.82) is 0 Å². The molecule has 2 heterocycles. The molecule has 0 atom stereocenters. The van der Waals surface area contributed by atoms with Crippen molar-refractivity contribution in [3.05, 3.63) is 60.7 Å². The molecule has 0 aliphatic carbocycles. The number of nitrogens with one attached hydrogen (secondary N) is 2. The van der Waals surface area contributed by atoms with Gasteiger partial charge in [0.15, 0.2) is 0 Å². The lowest BCUT2D eigenvalue weighted by atomic mass is 10.1. The third-order valence-corrected chi connectivity index (χ3v) is 2.55. The number of hydrazine groups is 1. The van der Waals surface area contributed by atoms with Crippen LogP contribution in [0.2, 0.25) is 0 Å². The summed E-state index contributed by atoms with van der Waals surface area (Å²) in [5, 5.41) is 0. The molecule has 21 heavy (non-hydrogen) atoms. The maximum absolute atomic E-state index is 12.0. The van der Waals surface area contributed by atoms with Crippen molar-refractivity contribution in [1.82, 2.24) is 15.4 Å². The lowest BCUT2D eigenvalue weighted by Gasteiger charge is -2.09. The van der Waals surface area contributed by atoms with Crippen LogP contribution in [0, 0.1) is 0 Å². The molecule has 0 bridgehead atoms. The number of carbonyl (C=O) groups is 1. The molecule has 0 aliphatic heterocycles. The third kappa shape index (κ3) is 4.31. The second-order valence-corrected chi connectivity index (χ2v) is 4.00. The Morgan fingerprint density at radius 2 is 2.19 bits per heavy atom. The van der Waals surface area contributed by atoms with Crippen molar-refractivity contribution >= 4 is 17.4 Å². The highest BCUT2D eigenvalue weighted by atomic mass is 16.5. The quantitative estimate of drug-likeness (QED) is 0.480. The van der Waals surface area contributed by atoms with Crippen molar-refractivity contribution in [2.45, 2.75) is 6.92 Å². The maximum Gasteiger partial charge on any atom is 0.340 e. The lowest BCUT2D eigenvalue weighted by Crippen LogP contribution is -2.18. The van der Waals surface area contributed by atoms with E-state index in [1.54, 1.807) is 43.7 Å². The minimum Gasteiger partial charge on any atom is -0.462 e. The van der Waals surface area contributed by atoms with Gasteiger partial charge in [0.25, 0.3) is 0 Å². The Morgan fingerprint density at radius 1 is 1.29 bits per heavy atom. The molecule has 0 aliphatic rings. The molecule has 0 spiro atoms. The van der Waals surface area contributed by atoms with Gasteiger partial charge in [-0.3, -0.25) is 10.4 Å². The molecule has 0 aromatic carbocycles. The summed E-state index contributed by atoms with van der Waals surface area (Å²) in [6.07, 6.45) is 6.45. The third-order valence-electron chi connectivity index (χ3n) is 2.55. The summed E-state index contributed by atoms with van der Waals surface area (Å²) in [5.41, 5.74) is 6.77. The number of ether oxygens (including phenoxy) is 1. The van der Waals surface area contributed by atoms with E-state index in [0.717, 1.165) is 0 Å². The Balaban J connectivity index is 2.11. The number of nitrogens with zero attached hydrogens (tertiary/aromatic N) is 2. The average molecular weight is 284 g/mol. The van der Waals surface area contributed by atoms with E-state index in [9.17, 15) is 4.79 Å². The molecule has 0 radical (unpaired) electrons. The molecule has 108 valence electrons. The average Bonchev–Trinajstić information content (AvgIpc) is 2.53. The number of anilines is 1. The highest BCUT2D eigenvalue weighted by molar-refractivity contribution is 6.16. The van der Waals surface area contributed by atoms with Gasteiger partial charge in [-0.2, -0.15) is 0 Å². The highest BCUT2D eigenvalue weighted by Crippen LogP contribution is 2.14. The van der Waals surface area contributed by atoms with E-state index in [2.05, 4.69) is 20.8 Å². The number of hydrogen-bond acceptors (Lipinski definition) is 6. The van der Waals surface area contributed by atoms with E-state index in [0.29, 0.717) is 23.6 Å². The van der Waals surface area contributed by atoms with Crippen molar-refractivity contribution in [2.24, 2.45) is 0 Å². The van der Waals surface area contributed by atoms with Gasteiger partial charge in [-0.15, -0.1) is 0 Å². The summed E-state index contributed by atoms with van der Waals surface area (Å²) < 4.78 is 5.04. The number of carbonyl (C=O) groups excluding carboxylic acids is 1. The van der Waals surface area contributed by atoms with Crippen molar-refractivity contribution < 1.29 is 9.53 Å². The van der Waals surface area contributed by atoms with Gasteiger partial charge in [0.05, 0.1) is 12.2 Å². The molecule has 2 aromatic heterocycles. The number of hydrogen-bond donors (Lipinski definition) is 2. The fourth-order valence-electron chi connectivity index (χ4n) is 1.61. The molecule has 0 unspecified atom stereocenters. The highest BCUT2D eigenvalue weighted by Gasteiger charge is 2.13. The molecule has 0 saturated heterocycles. The number of aromatic nitrogens is 2. The zero-order valence-corrected chi connectivity index (χ0v) is 11.6. The zero-order valence-electron chi connectivity index (χ0n) is 11.6. The molecule has 6 heteroatoms. The largest absolute Gasteiger partial charge is 0.462 e. The van der Waals surface area contributed by atoms with Gasteiger partial charge in [-0.05, 0) is 25.1 Å². The minimum absolute atomic E-state index is 0.310. The molecule has 0 amide bonds. The Morgan fingerprint density at radius 3 is 2.86 bits per heavy atom. The molecule has 6 nitrogen and oxygen atoms in total. The smallest absolute Gasteiger partial charge is 0.340 e. The van der Waals surface area contributed by atoms with Crippen LogP contribution in [0.1, 0.15) is 12.5 Å². The standard InChI is InChI=1S/C15H16N4O2/c1-2-21-15(20)13(12-6-5-8-16-10-12)11-18-19-14-7-3-4-9-17-14/h3-11,18H,2H2,1H3,(H,17,19). The Hall–Kier alpha value is -2.89. The van der Waals surface area contributed by atoms with Gasteiger partial charge in [0, 0.05) is 30.4 Å². The molecule has 0 saturated carbocycles. The van der Waals surface area contributed by atoms with Crippen LogP contribution in [0.25, 0.3) is 5.57 Å². The summed E-state index contributed by atoms with van der Waals surface area (Å²) in [5.74, 6) is 0.226. The van der Waals surface area contributed by atoms with Crippen LogP contribution in [0.15, 0.2) is 55.1 Å². The first kappa shape index (κ1) is 14.5. The van der Waals surface area contributed by atoms with E-state index < -0.39 is 5.97 Å². The normalized spacial score (nSPS) is 10.8. The van der Waals surface area contributed by atoms with Crippen LogP contribution in [-0.4, -0.2) is 22.5 Å². The minimum atomic E-state index is -0.416. The van der Waals surface area contributed by atoms with Gasteiger partial charge >= 0.3 is 5.97 Å². The SMILES string of the molecule is CCOC(=O)C(=CNNc1ccccn1)c1cccnc1. The lowest BCUT2D eigenvalue weighted by molar-refractivity contribution is -0.136. The summed E-state index contributed by atoms with van der Waals surface area (Å²) in [7, 11) is 0. The van der Waals surface area contributed by atoms with Crippen molar-refractivity contribution in [3.63, 3.8) is 0 Å². The summed E-state index contributed by atoms with van der Waals surface area (Å²) in [6.45, 7) is 2.07. The van der Waals surface area contributed by atoms with E-state index in [1.807, 2.05) is 12.1 Å². The van der Waals surface area contributed by atoms with Crippen LogP contribution < -0.4 is 10.9 Å². The van der Waals surface area contributed by atoms with Crippen LogP contribution in [0.4, 0.5) is 5.82 Å². The van der Waals surface area contributed by atoms with Crippen LogP contribution in [0.5, 0.6) is 0 Å². The fraction of sp³-hybridized carbons (Fsp3) is 0.133. The van der Waals surface area contributed by atoms with Crippen LogP contribution in [-0.2, 0) is 9.53 Å². The first-order valence-corrected chi connectivity index (χ1v) is 6.51. The predicted molar refractivity (Wildman–Crippen MR) is 79.8 cm³/mol. The van der Waals surface area contributed by atoms with Crippen molar-refractivity contribution in [2.75, 3.05) is 12.0 Å². The van der Waals surface area contributed by atoms with E-state index in [1.165, 1.54) is 6.20 Å². The molecule has 2 N–H and O–H groups in total. The molecular formula is C15H16N4O2. The number of pyridine rings is 2. The van der Waals surface area contributed by atoms with Gasteiger partial charge in [-0.1, -0.05) is 12.1 Å². The first-order valence-electron chi connectivity index (χ1n) is 6.51. The monoisotopic (exact) mass is 284 g/mol. The fourth-order valence-corrected chi connectivity index (χ4v) is 1.61. The summed E-state index contributed by atoms with van der Waals surface area (Å²) >= 11 is 0. The van der Waals surface area contributed by atoms with E-state index >= 15 is 0 Å². The molecular weight excluding hydrogens is 268 g/mol. The first-order chi connectivity index (χ1) is 10.3. The van der Waals surface area contributed by atoms with Crippen LogP contribution >= 0.6 is 0 Å². The molecule has 2 rings (SSSR count). The number of esters is 1.